The summed E-state index contributed by atoms with van der Waals surface area (Å²) in [6, 6.07) is 7.57. The number of nitrogens with one attached hydrogen (secondary N) is 1. The zero-order valence-corrected chi connectivity index (χ0v) is 13.6. The van der Waals surface area contributed by atoms with Gasteiger partial charge in [0.2, 0.25) is 11.8 Å². The van der Waals surface area contributed by atoms with Gasteiger partial charge in [-0.3, -0.25) is 9.59 Å². The summed E-state index contributed by atoms with van der Waals surface area (Å²) in [7, 11) is 0. The van der Waals surface area contributed by atoms with Crippen molar-refractivity contribution in [2.45, 2.75) is 51.1 Å². The van der Waals surface area contributed by atoms with Crippen molar-refractivity contribution in [2.24, 2.45) is 0 Å². The molecule has 2 aliphatic rings. The first kappa shape index (κ1) is 15.8. The Morgan fingerprint density at radius 2 is 2.17 bits per heavy atom. The van der Waals surface area contributed by atoms with E-state index < -0.39 is 0 Å². The summed E-state index contributed by atoms with van der Waals surface area (Å²) in [6.07, 6.45) is 3.77. The quantitative estimate of drug-likeness (QED) is 0.923. The zero-order valence-electron chi connectivity index (χ0n) is 13.6. The predicted octanol–water partition coefficient (Wildman–Crippen LogP) is 1.90. The number of hydrogen-bond acceptors (Lipinski definition) is 3. The number of rotatable bonds is 4. The van der Waals surface area contributed by atoms with Crippen LogP contribution in [0, 0.1) is 0 Å². The minimum absolute atomic E-state index is 0.0267. The van der Waals surface area contributed by atoms with Crippen LogP contribution in [0.15, 0.2) is 24.3 Å². The van der Waals surface area contributed by atoms with Crippen LogP contribution in [0.4, 0.5) is 0 Å². The number of fused-ring (bicyclic) bond motifs is 1. The van der Waals surface area contributed by atoms with Crippen molar-refractivity contribution in [3.63, 3.8) is 0 Å². The van der Waals surface area contributed by atoms with E-state index in [2.05, 4.69) is 5.32 Å². The number of carbonyl (C=O) groups is 2. The monoisotopic (exact) mass is 316 g/mol. The van der Waals surface area contributed by atoms with Crippen LogP contribution < -0.4 is 10.1 Å². The highest BCUT2D eigenvalue weighted by Crippen LogP contribution is 2.24. The van der Waals surface area contributed by atoms with Crippen molar-refractivity contribution in [3.8, 4) is 5.75 Å². The second-order valence-electron chi connectivity index (χ2n) is 6.32. The molecule has 0 aromatic heterocycles. The first-order chi connectivity index (χ1) is 11.2. The summed E-state index contributed by atoms with van der Waals surface area (Å²) >= 11 is 0. The maximum atomic E-state index is 12.6. The maximum absolute atomic E-state index is 12.6. The lowest BCUT2D eigenvalue weighted by molar-refractivity contribution is -0.138. The number of carbonyl (C=O) groups excluding carboxylic acids is 2. The molecule has 1 saturated heterocycles. The van der Waals surface area contributed by atoms with E-state index in [-0.39, 0.29) is 23.9 Å². The Kier molecular flexibility index (Phi) is 4.84. The third-order valence-corrected chi connectivity index (χ3v) is 4.56. The van der Waals surface area contributed by atoms with Gasteiger partial charge in [0.15, 0.2) is 0 Å². The van der Waals surface area contributed by atoms with E-state index in [4.69, 9.17) is 4.74 Å². The predicted molar refractivity (Wildman–Crippen MR) is 87.2 cm³/mol. The fraction of sp³-hybridized carbons (Fsp3) is 0.556. The molecule has 23 heavy (non-hydrogen) atoms. The Labute approximate surface area is 137 Å². The Bertz CT molecular complexity index is 587. The van der Waals surface area contributed by atoms with Crippen LogP contribution in [0.5, 0.6) is 5.75 Å². The molecule has 0 saturated carbocycles. The highest BCUT2D eigenvalue weighted by molar-refractivity contribution is 5.88. The SMILES string of the molecule is CCCC(=O)N1CCCC1C(=O)NC1COc2ccccc2C1. The molecule has 0 spiro atoms. The van der Waals surface area contributed by atoms with Gasteiger partial charge < -0.3 is 15.0 Å². The molecule has 1 aromatic carbocycles. The smallest absolute Gasteiger partial charge is 0.243 e. The molecular weight excluding hydrogens is 292 g/mol. The topological polar surface area (TPSA) is 58.6 Å². The molecule has 1 fully saturated rings. The molecular formula is C18H24N2O3. The molecule has 5 nitrogen and oxygen atoms in total. The standard InChI is InChI=1S/C18H24N2O3/c1-2-6-17(21)20-10-5-8-15(20)18(22)19-14-11-13-7-3-4-9-16(13)23-12-14/h3-4,7,9,14-15H,2,5-6,8,10-12H2,1H3,(H,19,22). The second-order valence-corrected chi connectivity index (χ2v) is 6.32. The number of benzene rings is 1. The summed E-state index contributed by atoms with van der Waals surface area (Å²) in [4.78, 5) is 26.5. The summed E-state index contributed by atoms with van der Waals surface area (Å²) in [5.74, 6) is 0.953. The van der Waals surface area contributed by atoms with Gasteiger partial charge in [0.05, 0.1) is 6.04 Å². The Morgan fingerprint density at radius 3 is 3.00 bits per heavy atom. The fourth-order valence-electron chi connectivity index (χ4n) is 3.41. The molecule has 0 radical (unpaired) electrons. The van der Waals surface area contributed by atoms with Crippen molar-refractivity contribution in [1.29, 1.82) is 0 Å². The Morgan fingerprint density at radius 1 is 1.35 bits per heavy atom. The van der Waals surface area contributed by atoms with E-state index in [9.17, 15) is 9.59 Å². The number of hydrogen-bond donors (Lipinski definition) is 1. The largest absolute Gasteiger partial charge is 0.491 e. The van der Waals surface area contributed by atoms with Crippen molar-refractivity contribution >= 4 is 11.8 Å². The third kappa shape index (κ3) is 3.49. The van der Waals surface area contributed by atoms with Gasteiger partial charge in [-0.15, -0.1) is 0 Å². The first-order valence-electron chi connectivity index (χ1n) is 8.49. The average Bonchev–Trinajstić information content (AvgIpc) is 3.05. The van der Waals surface area contributed by atoms with Crippen LogP contribution in [-0.4, -0.2) is 41.9 Å². The lowest BCUT2D eigenvalue weighted by Gasteiger charge is -2.29. The van der Waals surface area contributed by atoms with Gasteiger partial charge in [-0.25, -0.2) is 0 Å². The molecule has 2 unspecified atom stereocenters. The molecule has 2 atom stereocenters. The van der Waals surface area contributed by atoms with E-state index in [1.54, 1.807) is 4.90 Å². The number of ether oxygens (including phenoxy) is 1. The van der Waals surface area contributed by atoms with Gasteiger partial charge in [0, 0.05) is 13.0 Å². The van der Waals surface area contributed by atoms with E-state index in [1.165, 1.54) is 0 Å². The summed E-state index contributed by atoms with van der Waals surface area (Å²) in [5.41, 5.74) is 1.12. The highest BCUT2D eigenvalue weighted by atomic mass is 16.5. The Balaban J connectivity index is 1.60. The van der Waals surface area contributed by atoms with Gasteiger partial charge in [0.25, 0.3) is 0 Å². The van der Waals surface area contributed by atoms with Gasteiger partial charge in [-0.1, -0.05) is 25.1 Å². The number of para-hydroxylation sites is 1. The van der Waals surface area contributed by atoms with Gasteiger partial charge in [-0.05, 0) is 37.3 Å². The lowest BCUT2D eigenvalue weighted by atomic mass is 10.0. The molecule has 2 aliphatic heterocycles. The lowest BCUT2D eigenvalue weighted by Crippen LogP contribution is -2.51. The van der Waals surface area contributed by atoms with Crippen LogP contribution in [0.2, 0.25) is 0 Å². The van der Waals surface area contributed by atoms with Crippen molar-refractivity contribution in [3.05, 3.63) is 29.8 Å². The highest BCUT2D eigenvalue weighted by Gasteiger charge is 2.34. The van der Waals surface area contributed by atoms with Gasteiger partial charge in [0.1, 0.15) is 18.4 Å². The second kappa shape index (κ2) is 7.02. The van der Waals surface area contributed by atoms with Crippen LogP contribution in [0.25, 0.3) is 0 Å². The Hall–Kier alpha value is -2.04. The molecule has 5 heteroatoms. The third-order valence-electron chi connectivity index (χ3n) is 4.56. The number of amides is 2. The fourth-order valence-corrected chi connectivity index (χ4v) is 3.41. The number of nitrogens with zero attached hydrogens (tertiary/aromatic N) is 1. The summed E-state index contributed by atoms with van der Waals surface area (Å²) in [5, 5.41) is 3.07. The van der Waals surface area contributed by atoms with Gasteiger partial charge in [-0.2, -0.15) is 0 Å². The van der Waals surface area contributed by atoms with E-state index in [0.29, 0.717) is 19.6 Å². The zero-order chi connectivity index (χ0) is 16.2. The normalized spacial score (nSPS) is 23.1. The average molecular weight is 316 g/mol. The summed E-state index contributed by atoms with van der Waals surface area (Å²) in [6.45, 7) is 3.17. The van der Waals surface area contributed by atoms with Gasteiger partial charge >= 0.3 is 0 Å². The van der Waals surface area contributed by atoms with Crippen LogP contribution in [-0.2, 0) is 16.0 Å². The van der Waals surface area contributed by atoms with Crippen molar-refractivity contribution in [1.82, 2.24) is 10.2 Å². The molecule has 3 rings (SSSR count). The maximum Gasteiger partial charge on any atom is 0.243 e. The van der Waals surface area contributed by atoms with Crippen LogP contribution in [0.3, 0.4) is 0 Å². The van der Waals surface area contributed by atoms with E-state index >= 15 is 0 Å². The molecule has 1 N–H and O–H groups in total. The molecule has 2 heterocycles. The first-order valence-corrected chi connectivity index (χ1v) is 8.49. The number of likely N-dealkylation sites (tertiary alicyclic amines) is 1. The molecule has 0 bridgehead atoms. The molecule has 1 aromatic rings. The minimum atomic E-state index is -0.314. The summed E-state index contributed by atoms with van der Waals surface area (Å²) < 4.78 is 5.72. The van der Waals surface area contributed by atoms with E-state index in [1.807, 2.05) is 31.2 Å². The van der Waals surface area contributed by atoms with Crippen LogP contribution >= 0.6 is 0 Å². The molecule has 0 aliphatic carbocycles. The molecule has 2 amide bonds. The van der Waals surface area contributed by atoms with Crippen molar-refractivity contribution in [2.75, 3.05) is 13.2 Å². The minimum Gasteiger partial charge on any atom is -0.491 e. The van der Waals surface area contributed by atoms with E-state index in [0.717, 1.165) is 37.0 Å². The molecule has 124 valence electrons. The van der Waals surface area contributed by atoms with Crippen molar-refractivity contribution < 1.29 is 14.3 Å². The van der Waals surface area contributed by atoms with Crippen LogP contribution in [0.1, 0.15) is 38.2 Å².